The minimum atomic E-state index is -3.73. The van der Waals surface area contributed by atoms with Crippen LogP contribution in [0.15, 0.2) is 60.7 Å². The van der Waals surface area contributed by atoms with Gasteiger partial charge >= 0.3 is 5.97 Å². The molecule has 3 N–H and O–H groups in total. The number of unbranched alkanes of at least 4 members (excludes halogenated alkanes) is 1. The zero-order chi connectivity index (χ0) is 22.3. The van der Waals surface area contributed by atoms with E-state index >= 15 is 0 Å². The molecule has 1 heterocycles. The average Bonchev–Trinajstić information content (AvgIpc) is 2.75. The van der Waals surface area contributed by atoms with Gasteiger partial charge in [0.2, 0.25) is 5.91 Å². The maximum Gasteiger partial charge on any atom is 0.323 e. The van der Waals surface area contributed by atoms with E-state index in [0.29, 0.717) is 12.2 Å². The van der Waals surface area contributed by atoms with Gasteiger partial charge in [-0.1, -0.05) is 60.7 Å². The van der Waals surface area contributed by atoms with Gasteiger partial charge in [0, 0.05) is 11.9 Å². The third kappa shape index (κ3) is 6.94. The first kappa shape index (κ1) is 23.5. The smallest absolute Gasteiger partial charge is 0.323 e. The van der Waals surface area contributed by atoms with E-state index in [2.05, 4.69) is 5.09 Å². The van der Waals surface area contributed by atoms with Crippen LogP contribution >= 0.6 is 19.3 Å². The number of hydrogen-bond donors (Lipinski definition) is 3. The Balaban J connectivity index is 1.58. The molecule has 3 atom stereocenters. The minimum Gasteiger partial charge on any atom is -0.480 e. The largest absolute Gasteiger partial charge is 0.480 e. The number of rotatable bonds is 10. The second kappa shape index (κ2) is 11.0. The Morgan fingerprint density at radius 3 is 2.39 bits per heavy atom. The van der Waals surface area contributed by atoms with Crippen molar-refractivity contribution < 1.29 is 24.2 Å². The number of amides is 1. The first-order chi connectivity index (χ1) is 14.9. The van der Waals surface area contributed by atoms with E-state index in [0.717, 1.165) is 18.4 Å². The summed E-state index contributed by atoms with van der Waals surface area (Å²) in [5.41, 5.74) is 2.01. The van der Waals surface area contributed by atoms with E-state index in [4.69, 9.17) is 0 Å². The molecule has 166 valence electrons. The summed E-state index contributed by atoms with van der Waals surface area (Å²) in [6.45, 7) is -0.462. The Bertz CT molecular complexity index is 928. The van der Waals surface area contributed by atoms with Crippen molar-refractivity contribution in [3.63, 3.8) is 0 Å². The second-order valence-electron chi connectivity index (χ2n) is 7.51. The van der Waals surface area contributed by atoms with Crippen molar-refractivity contribution in [1.82, 2.24) is 9.99 Å². The van der Waals surface area contributed by atoms with Gasteiger partial charge in [-0.2, -0.15) is 0 Å². The van der Waals surface area contributed by atoms with Crippen LogP contribution in [0, 0.1) is 0 Å². The van der Waals surface area contributed by atoms with E-state index in [9.17, 15) is 24.2 Å². The van der Waals surface area contributed by atoms with Crippen LogP contribution < -0.4 is 5.09 Å². The number of carbonyl (C=O) groups is 2. The third-order valence-corrected chi connectivity index (χ3v) is 8.06. The third-order valence-electron chi connectivity index (χ3n) is 5.05. The fourth-order valence-electron chi connectivity index (χ4n) is 3.57. The van der Waals surface area contributed by atoms with Gasteiger partial charge in [0.1, 0.15) is 18.0 Å². The van der Waals surface area contributed by atoms with E-state index < -0.39 is 37.4 Å². The van der Waals surface area contributed by atoms with Crippen LogP contribution in [0.1, 0.15) is 29.3 Å². The van der Waals surface area contributed by atoms with Crippen LogP contribution in [0.5, 0.6) is 0 Å². The Morgan fingerprint density at radius 1 is 1.10 bits per heavy atom. The molecule has 0 aromatic heterocycles. The molecule has 2 aromatic carbocycles. The van der Waals surface area contributed by atoms with Crippen molar-refractivity contribution in [3.8, 4) is 0 Å². The predicted molar refractivity (Wildman–Crippen MR) is 122 cm³/mol. The number of carbonyl (C=O) groups excluding carboxylic acids is 1. The normalized spacial score (nSPS) is 20.9. The van der Waals surface area contributed by atoms with Gasteiger partial charge < -0.3 is 14.9 Å². The van der Waals surface area contributed by atoms with Crippen molar-refractivity contribution >= 4 is 31.2 Å². The van der Waals surface area contributed by atoms with Crippen LogP contribution in [-0.2, 0) is 20.6 Å². The first-order valence-corrected chi connectivity index (χ1v) is 13.1. The highest BCUT2D eigenvalue weighted by Gasteiger charge is 2.40. The minimum absolute atomic E-state index is 0.0648. The monoisotopic (exact) mass is 462 g/mol. The maximum absolute atomic E-state index is 13.0. The molecular formula is C22H27N2O5PS. The number of aryl methyl sites for hydroxylation is 1. The highest BCUT2D eigenvalue weighted by atomic mass is 32.2. The number of thioether (sulfide) groups is 1. The molecule has 1 aliphatic heterocycles. The Labute approximate surface area is 186 Å². The van der Waals surface area contributed by atoms with Crippen molar-refractivity contribution in [2.24, 2.45) is 0 Å². The summed E-state index contributed by atoms with van der Waals surface area (Å²) < 4.78 is 12.7. The fraction of sp³-hybridized carbons (Fsp3) is 0.364. The zero-order valence-electron chi connectivity index (χ0n) is 17.1. The van der Waals surface area contributed by atoms with Crippen LogP contribution in [-0.4, -0.2) is 51.3 Å². The van der Waals surface area contributed by atoms with Gasteiger partial charge in [-0.25, -0.2) is 5.09 Å². The Morgan fingerprint density at radius 2 is 1.74 bits per heavy atom. The molecule has 7 nitrogen and oxygen atoms in total. The molecule has 0 bridgehead atoms. The van der Waals surface area contributed by atoms with Crippen LogP contribution in [0.4, 0.5) is 0 Å². The van der Waals surface area contributed by atoms with Gasteiger partial charge in [0.15, 0.2) is 0 Å². The number of carboxylic acids is 1. The summed E-state index contributed by atoms with van der Waals surface area (Å²) >= 11 is 1.39. The highest BCUT2D eigenvalue weighted by Crippen LogP contribution is 2.42. The van der Waals surface area contributed by atoms with E-state index in [1.54, 1.807) is 0 Å². The van der Waals surface area contributed by atoms with E-state index in [1.165, 1.54) is 22.2 Å². The van der Waals surface area contributed by atoms with Crippen molar-refractivity contribution in [2.75, 3.05) is 18.5 Å². The summed E-state index contributed by atoms with van der Waals surface area (Å²) in [5.74, 6) is -1.29. The molecule has 1 saturated heterocycles. The first-order valence-electron chi connectivity index (χ1n) is 10.2. The van der Waals surface area contributed by atoms with Crippen LogP contribution in [0.2, 0.25) is 0 Å². The summed E-state index contributed by atoms with van der Waals surface area (Å²) in [5, 5.41) is 11.5. The number of nitrogens with zero attached hydrogens (tertiary/aromatic N) is 1. The number of aliphatic carboxylic acids is 1. The Kier molecular flexibility index (Phi) is 8.32. The molecule has 1 amide bonds. The fourth-order valence-corrected chi connectivity index (χ4v) is 6.47. The lowest BCUT2D eigenvalue weighted by atomic mass is 10.1. The summed E-state index contributed by atoms with van der Waals surface area (Å²) in [6, 6.07) is 18.2. The number of carboxylic acid groups (broad SMARTS) is 1. The molecule has 1 aliphatic rings. The Hall–Kier alpha value is -2.12. The molecule has 2 aromatic rings. The lowest BCUT2D eigenvalue weighted by Crippen LogP contribution is -2.52. The van der Waals surface area contributed by atoms with Gasteiger partial charge in [-0.05, 0) is 30.4 Å². The second-order valence-corrected chi connectivity index (χ2v) is 10.7. The maximum atomic E-state index is 13.0. The molecule has 0 aliphatic carbocycles. The van der Waals surface area contributed by atoms with Crippen LogP contribution in [0.25, 0.3) is 0 Å². The lowest BCUT2D eigenvalue weighted by Gasteiger charge is -2.38. The quantitative estimate of drug-likeness (QED) is 0.366. The zero-order valence-corrected chi connectivity index (χ0v) is 18.8. The molecular weight excluding hydrogens is 435 g/mol. The van der Waals surface area contributed by atoms with Gasteiger partial charge in [-0.15, -0.1) is 11.8 Å². The predicted octanol–water partition coefficient (Wildman–Crippen LogP) is 3.51. The molecule has 0 radical (unpaired) electrons. The van der Waals surface area contributed by atoms with Crippen molar-refractivity contribution in [3.05, 3.63) is 71.8 Å². The van der Waals surface area contributed by atoms with E-state index in [1.807, 2.05) is 60.7 Å². The van der Waals surface area contributed by atoms with Crippen molar-refractivity contribution in [1.29, 1.82) is 0 Å². The van der Waals surface area contributed by atoms with Gasteiger partial charge in [-0.3, -0.25) is 14.2 Å². The van der Waals surface area contributed by atoms with Crippen LogP contribution in [0.3, 0.4) is 0 Å². The SMILES string of the molecule is O=C(O)CN1C(=O)C(NP(=O)(O)CCCCc2ccccc2)CS[C@@H]1c1ccccc1. The summed E-state index contributed by atoms with van der Waals surface area (Å²) in [4.78, 5) is 36.0. The molecule has 3 rings (SSSR count). The van der Waals surface area contributed by atoms with E-state index in [-0.39, 0.29) is 6.16 Å². The lowest BCUT2D eigenvalue weighted by molar-refractivity contribution is -0.145. The van der Waals surface area contributed by atoms with Gasteiger partial charge in [0.05, 0.1) is 0 Å². The molecule has 2 unspecified atom stereocenters. The topological polar surface area (TPSA) is 107 Å². The number of hydrogen-bond acceptors (Lipinski definition) is 4. The standard InChI is InChI=1S/C22H27N2O5PS/c25-20(26)15-24-21(27)19(16-31-22(24)18-12-5-2-6-13-18)23-30(28,29)14-8-7-11-17-9-3-1-4-10-17/h1-6,9-10,12-13,19,22H,7-8,11,14-16H2,(H,25,26)(H2,23,28,29)/t19?,22-/m1/s1. The molecule has 31 heavy (non-hydrogen) atoms. The average molecular weight is 463 g/mol. The molecule has 1 fully saturated rings. The molecule has 0 saturated carbocycles. The molecule has 9 heteroatoms. The van der Waals surface area contributed by atoms with Gasteiger partial charge in [0.25, 0.3) is 7.52 Å². The number of benzene rings is 2. The number of nitrogens with one attached hydrogen (secondary N) is 1. The summed E-state index contributed by atoms with van der Waals surface area (Å²) in [7, 11) is -3.73. The van der Waals surface area contributed by atoms with Crippen molar-refractivity contribution in [2.45, 2.75) is 30.7 Å². The highest BCUT2D eigenvalue weighted by molar-refractivity contribution is 7.99. The molecule has 0 spiro atoms. The summed E-state index contributed by atoms with van der Waals surface area (Å²) in [6.07, 6.45) is 2.21.